The van der Waals surface area contributed by atoms with Crippen molar-refractivity contribution < 1.29 is 4.79 Å². The van der Waals surface area contributed by atoms with Crippen molar-refractivity contribution in [1.29, 1.82) is 0 Å². The second-order valence-corrected chi connectivity index (χ2v) is 7.92. The number of piperidine rings is 1. The van der Waals surface area contributed by atoms with Crippen molar-refractivity contribution in [1.82, 2.24) is 10.2 Å². The molecule has 0 unspecified atom stereocenters. The molecule has 24 heavy (non-hydrogen) atoms. The molecule has 0 aromatic heterocycles. The van der Waals surface area contributed by atoms with Crippen LogP contribution in [0.15, 0.2) is 18.2 Å². The van der Waals surface area contributed by atoms with E-state index >= 15 is 0 Å². The number of benzene rings is 1. The molecule has 1 amide bonds. The average molecular weight is 369 g/mol. The maximum Gasteiger partial charge on any atom is 0.233 e. The molecule has 1 aromatic carbocycles. The zero-order valence-corrected chi connectivity index (χ0v) is 15.8. The molecule has 0 bridgehead atoms. The molecule has 2 aliphatic rings. The van der Waals surface area contributed by atoms with Gasteiger partial charge in [-0.1, -0.05) is 42.6 Å². The molecule has 1 saturated heterocycles. The molecule has 2 fully saturated rings. The fraction of sp³-hybridized carbons (Fsp3) is 0.632. The fourth-order valence-corrected chi connectivity index (χ4v) is 4.24. The van der Waals surface area contributed by atoms with Gasteiger partial charge in [-0.25, -0.2) is 0 Å². The van der Waals surface area contributed by atoms with Gasteiger partial charge in [-0.3, -0.25) is 4.79 Å². The van der Waals surface area contributed by atoms with Crippen LogP contribution in [0.3, 0.4) is 0 Å². The molecule has 5 heteroatoms. The number of rotatable bonds is 5. The summed E-state index contributed by atoms with van der Waals surface area (Å²) in [4.78, 5) is 15.3. The zero-order chi connectivity index (χ0) is 17.2. The topological polar surface area (TPSA) is 32.3 Å². The van der Waals surface area contributed by atoms with Crippen LogP contribution in [0.4, 0.5) is 0 Å². The molecule has 0 spiro atoms. The molecule has 132 valence electrons. The number of halogens is 2. The van der Waals surface area contributed by atoms with Crippen LogP contribution in [0.2, 0.25) is 10.0 Å². The lowest BCUT2D eigenvalue weighted by Gasteiger charge is -2.45. The maximum absolute atomic E-state index is 13.3. The van der Waals surface area contributed by atoms with Crippen LogP contribution in [-0.2, 0) is 10.2 Å². The van der Waals surface area contributed by atoms with E-state index in [-0.39, 0.29) is 11.3 Å². The molecule has 1 saturated carbocycles. The zero-order valence-electron chi connectivity index (χ0n) is 14.3. The number of carbonyl (C=O) groups excluding carboxylic acids is 1. The minimum atomic E-state index is -0.372. The third kappa shape index (κ3) is 3.44. The predicted octanol–water partition coefficient (Wildman–Crippen LogP) is 4.26. The third-order valence-electron chi connectivity index (χ3n) is 5.67. The molecule has 3 nitrogen and oxygen atoms in total. The summed E-state index contributed by atoms with van der Waals surface area (Å²) in [5.74, 6) is 0.977. The van der Waals surface area contributed by atoms with E-state index in [1.54, 1.807) is 0 Å². The van der Waals surface area contributed by atoms with Gasteiger partial charge in [0.05, 0.1) is 15.5 Å². The number of hydrogen-bond donors (Lipinski definition) is 1. The Morgan fingerprint density at radius 1 is 1.25 bits per heavy atom. The number of amides is 1. The molecule has 0 radical (unpaired) electrons. The Bertz CT molecular complexity index is 593. The summed E-state index contributed by atoms with van der Waals surface area (Å²) in [6.45, 7) is 5.96. The van der Waals surface area contributed by atoms with Gasteiger partial charge in [-0.05, 0) is 62.4 Å². The molecule has 1 aromatic rings. The van der Waals surface area contributed by atoms with Crippen LogP contribution >= 0.6 is 23.2 Å². The Morgan fingerprint density at radius 3 is 2.50 bits per heavy atom. The van der Waals surface area contributed by atoms with Gasteiger partial charge in [-0.2, -0.15) is 0 Å². The monoisotopic (exact) mass is 368 g/mol. The lowest BCUT2D eigenvalue weighted by molar-refractivity contribution is -0.142. The Hall–Kier alpha value is -0.770. The van der Waals surface area contributed by atoms with Crippen LogP contribution < -0.4 is 5.32 Å². The van der Waals surface area contributed by atoms with Gasteiger partial charge in [0, 0.05) is 13.1 Å². The number of likely N-dealkylation sites (tertiary alicyclic amines) is 1. The Morgan fingerprint density at radius 2 is 1.96 bits per heavy atom. The summed E-state index contributed by atoms with van der Waals surface area (Å²) >= 11 is 12.2. The SMILES string of the molecule is CCNCC1CCN(C(=O)C2(c3ccc(Cl)c(Cl)c3)CCC2)CC1. The van der Waals surface area contributed by atoms with Gasteiger partial charge < -0.3 is 10.2 Å². The molecule has 1 aliphatic carbocycles. The lowest BCUT2D eigenvalue weighted by Crippen LogP contribution is -2.53. The first-order valence-electron chi connectivity index (χ1n) is 9.02. The van der Waals surface area contributed by atoms with Gasteiger partial charge in [0.25, 0.3) is 0 Å². The first-order chi connectivity index (χ1) is 11.6. The standard InChI is InChI=1S/C19H26Cl2N2O/c1-2-22-13-14-6-10-23(11-7-14)18(24)19(8-3-9-19)15-4-5-16(20)17(21)12-15/h4-5,12,14,22H,2-3,6-11,13H2,1H3. The number of carbonyl (C=O) groups is 1. The highest BCUT2D eigenvalue weighted by molar-refractivity contribution is 6.42. The van der Waals surface area contributed by atoms with Gasteiger partial charge in [0.1, 0.15) is 0 Å². The summed E-state index contributed by atoms with van der Waals surface area (Å²) in [7, 11) is 0. The second-order valence-electron chi connectivity index (χ2n) is 7.11. The summed E-state index contributed by atoms with van der Waals surface area (Å²) in [6.07, 6.45) is 5.12. The first-order valence-corrected chi connectivity index (χ1v) is 9.78. The van der Waals surface area contributed by atoms with Crippen LogP contribution in [0.1, 0.15) is 44.6 Å². The highest BCUT2D eigenvalue weighted by atomic mass is 35.5. The van der Waals surface area contributed by atoms with E-state index in [0.717, 1.165) is 63.8 Å². The van der Waals surface area contributed by atoms with Crippen LogP contribution in [-0.4, -0.2) is 37.0 Å². The van der Waals surface area contributed by atoms with Crippen molar-refractivity contribution >= 4 is 29.1 Å². The van der Waals surface area contributed by atoms with Gasteiger partial charge in [0.2, 0.25) is 5.91 Å². The molecule has 1 aliphatic heterocycles. The quantitative estimate of drug-likeness (QED) is 0.841. The van der Waals surface area contributed by atoms with Gasteiger partial charge >= 0.3 is 0 Å². The molecular formula is C19H26Cl2N2O. The molecular weight excluding hydrogens is 343 g/mol. The number of nitrogens with zero attached hydrogens (tertiary/aromatic N) is 1. The first kappa shape index (κ1) is 18.0. The molecule has 0 atom stereocenters. The van der Waals surface area contributed by atoms with Crippen molar-refractivity contribution in [3.63, 3.8) is 0 Å². The van der Waals surface area contributed by atoms with Crippen LogP contribution in [0, 0.1) is 5.92 Å². The smallest absolute Gasteiger partial charge is 0.233 e. The summed E-state index contributed by atoms with van der Waals surface area (Å²) in [5.41, 5.74) is 0.658. The molecule has 3 rings (SSSR count). The van der Waals surface area contributed by atoms with Gasteiger partial charge in [-0.15, -0.1) is 0 Å². The fourth-order valence-electron chi connectivity index (χ4n) is 3.94. The Kier molecular flexibility index (Phi) is 5.74. The van der Waals surface area contributed by atoms with E-state index in [2.05, 4.69) is 17.1 Å². The highest BCUT2D eigenvalue weighted by Gasteiger charge is 2.48. The van der Waals surface area contributed by atoms with Crippen molar-refractivity contribution in [3.8, 4) is 0 Å². The molecule has 1 heterocycles. The second kappa shape index (κ2) is 7.63. The number of hydrogen-bond acceptors (Lipinski definition) is 2. The van der Waals surface area contributed by atoms with E-state index in [4.69, 9.17) is 23.2 Å². The van der Waals surface area contributed by atoms with Crippen LogP contribution in [0.5, 0.6) is 0 Å². The average Bonchev–Trinajstić information content (AvgIpc) is 2.55. The minimum absolute atomic E-state index is 0.286. The van der Waals surface area contributed by atoms with E-state index in [0.29, 0.717) is 16.0 Å². The highest BCUT2D eigenvalue weighted by Crippen LogP contribution is 2.46. The van der Waals surface area contributed by atoms with Crippen molar-refractivity contribution in [2.45, 2.75) is 44.4 Å². The normalized spacial score (nSPS) is 20.7. The minimum Gasteiger partial charge on any atom is -0.342 e. The Labute approximate surface area is 154 Å². The maximum atomic E-state index is 13.3. The summed E-state index contributed by atoms with van der Waals surface area (Å²) in [6, 6.07) is 5.68. The van der Waals surface area contributed by atoms with E-state index in [1.165, 1.54) is 0 Å². The van der Waals surface area contributed by atoms with Crippen molar-refractivity contribution in [2.24, 2.45) is 5.92 Å². The number of nitrogens with one attached hydrogen (secondary N) is 1. The summed E-state index contributed by atoms with van der Waals surface area (Å²) < 4.78 is 0. The summed E-state index contributed by atoms with van der Waals surface area (Å²) in [5, 5.41) is 4.51. The third-order valence-corrected chi connectivity index (χ3v) is 6.41. The van der Waals surface area contributed by atoms with E-state index in [9.17, 15) is 4.79 Å². The van der Waals surface area contributed by atoms with E-state index < -0.39 is 0 Å². The lowest BCUT2D eigenvalue weighted by atomic mass is 9.63. The molecule has 1 N–H and O–H groups in total. The van der Waals surface area contributed by atoms with Crippen LogP contribution in [0.25, 0.3) is 0 Å². The van der Waals surface area contributed by atoms with Crippen molar-refractivity contribution in [3.05, 3.63) is 33.8 Å². The van der Waals surface area contributed by atoms with Gasteiger partial charge in [0.15, 0.2) is 0 Å². The largest absolute Gasteiger partial charge is 0.342 e. The van der Waals surface area contributed by atoms with E-state index in [1.807, 2.05) is 18.2 Å². The van der Waals surface area contributed by atoms with Crippen molar-refractivity contribution in [2.75, 3.05) is 26.2 Å². The predicted molar refractivity (Wildman–Crippen MR) is 99.8 cm³/mol. The Balaban J connectivity index is 1.70.